The van der Waals surface area contributed by atoms with Gasteiger partial charge < -0.3 is 10.6 Å². The molecule has 23 heavy (non-hydrogen) atoms. The first-order chi connectivity index (χ1) is 11.3. The number of hydrogen-bond acceptors (Lipinski definition) is 6. The molecule has 6 heteroatoms. The summed E-state index contributed by atoms with van der Waals surface area (Å²) in [6, 6.07) is 10.0. The highest BCUT2D eigenvalue weighted by Crippen LogP contribution is 2.15. The number of nitrogens with one attached hydrogen (secondary N) is 2. The summed E-state index contributed by atoms with van der Waals surface area (Å²) in [5.41, 5.74) is 2.20. The molecule has 0 bridgehead atoms. The Hall–Kier alpha value is -2.47. The molecule has 1 aromatic heterocycles. The smallest absolute Gasteiger partial charge is 0.229 e. The maximum Gasteiger partial charge on any atom is 0.229 e. The van der Waals surface area contributed by atoms with Crippen LogP contribution in [0.15, 0.2) is 41.5 Å². The minimum atomic E-state index is 0.605. The van der Waals surface area contributed by atoms with Gasteiger partial charge in [0.1, 0.15) is 5.82 Å². The van der Waals surface area contributed by atoms with Crippen LogP contribution in [0.3, 0.4) is 0 Å². The van der Waals surface area contributed by atoms with Gasteiger partial charge in [0.2, 0.25) is 5.95 Å². The van der Waals surface area contributed by atoms with Crippen LogP contribution in [-0.2, 0) is 0 Å². The van der Waals surface area contributed by atoms with Crippen molar-refractivity contribution in [2.24, 2.45) is 4.99 Å². The van der Waals surface area contributed by atoms with Crippen LogP contribution < -0.4 is 10.6 Å². The summed E-state index contributed by atoms with van der Waals surface area (Å²) in [6.07, 6.45) is 4.80. The predicted octanol–water partition coefficient (Wildman–Crippen LogP) is 2.67. The normalized spacial score (nSPS) is 14.1. The highest BCUT2D eigenvalue weighted by Gasteiger charge is 2.06. The van der Waals surface area contributed by atoms with Crippen molar-refractivity contribution in [3.63, 3.8) is 0 Å². The Balaban J connectivity index is 1.48. The number of rotatable bonds is 7. The van der Waals surface area contributed by atoms with E-state index in [1.54, 1.807) is 6.20 Å². The van der Waals surface area contributed by atoms with Gasteiger partial charge in [-0.2, -0.15) is 4.98 Å². The van der Waals surface area contributed by atoms with Gasteiger partial charge >= 0.3 is 0 Å². The first-order valence-electron chi connectivity index (χ1n) is 7.91. The fraction of sp³-hybridized carbons (Fsp3) is 0.353. The van der Waals surface area contributed by atoms with Crippen molar-refractivity contribution in [1.82, 2.24) is 14.9 Å². The molecule has 0 spiro atoms. The average Bonchev–Trinajstić information content (AvgIpc) is 3.05. The Morgan fingerprint density at radius 3 is 3.04 bits per heavy atom. The Kier molecular flexibility index (Phi) is 5.16. The fourth-order valence-corrected chi connectivity index (χ4v) is 2.45. The van der Waals surface area contributed by atoms with E-state index in [2.05, 4.69) is 49.6 Å². The molecule has 0 radical (unpaired) electrons. The topological polar surface area (TPSA) is 65.4 Å². The fourth-order valence-electron chi connectivity index (χ4n) is 2.45. The molecule has 6 nitrogen and oxygen atoms in total. The first kappa shape index (κ1) is 15.4. The van der Waals surface area contributed by atoms with E-state index >= 15 is 0 Å². The first-order valence-corrected chi connectivity index (χ1v) is 7.91. The second-order valence-electron chi connectivity index (χ2n) is 5.62. The van der Waals surface area contributed by atoms with Gasteiger partial charge in [0.15, 0.2) is 0 Å². The lowest BCUT2D eigenvalue weighted by molar-refractivity contribution is 0.341. The van der Waals surface area contributed by atoms with Crippen LogP contribution in [0.2, 0.25) is 0 Å². The monoisotopic (exact) mass is 310 g/mol. The van der Waals surface area contributed by atoms with Gasteiger partial charge in [-0.25, -0.2) is 4.98 Å². The van der Waals surface area contributed by atoms with Gasteiger partial charge in [0.25, 0.3) is 0 Å². The zero-order chi connectivity index (χ0) is 15.9. The number of hydrogen-bond donors (Lipinski definition) is 2. The predicted molar refractivity (Wildman–Crippen MR) is 94.5 cm³/mol. The molecule has 0 saturated heterocycles. The van der Waals surface area contributed by atoms with Crippen molar-refractivity contribution < 1.29 is 0 Å². The molecule has 2 N–H and O–H groups in total. The number of aromatic nitrogens is 2. The lowest BCUT2D eigenvalue weighted by Gasteiger charge is -2.13. The minimum absolute atomic E-state index is 0.605. The Bertz CT molecular complexity index is 662. The summed E-state index contributed by atoms with van der Waals surface area (Å²) < 4.78 is 0. The number of aliphatic imine (C=N–C) groups is 1. The third-order valence-corrected chi connectivity index (χ3v) is 3.64. The Morgan fingerprint density at radius 2 is 2.22 bits per heavy atom. The molecule has 1 aromatic carbocycles. The van der Waals surface area contributed by atoms with Crippen molar-refractivity contribution in [2.75, 3.05) is 36.9 Å². The standard InChI is InChI=1S/C17H22N6/c1-14-4-2-5-15(12-14)21-17-20-8-6-16(22-17)19-7-3-10-23-11-9-18-13-23/h2,4-6,8-9,12H,3,7,10-11,13H2,1H3,(H2,19,20,21,22). The molecule has 0 unspecified atom stereocenters. The Morgan fingerprint density at radius 1 is 1.26 bits per heavy atom. The van der Waals surface area contributed by atoms with E-state index in [4.69, 9.17) is 0 Å². The van der Waals surface area contributed by atoms with Gasteiger partial charge in [-0.1, -0.05) is 12.1 Å². The molecule has 0 atom stereocenters. The van der Waals surface area contributed by atoms with Crippen molar-refractivity contribution in [3.05, 3.63) is 42.1 Å². The van der Waals surface area contributed by atoms with E-state index in [1.165, 1.54) is 5.56 Å². The summed E-state index contributed by atoms with van der Waals surface area (Å²) >= 11 is 0. The SMILES string of the molecule is Cc1cccc(Nc2nccc(NCCCN3CC=NC3)n2)c1. The van der Waals surface area contributed by atoms with Gasteiger partial charge in [0, 0.05) is 37.7 Å². The number of nitrogens with zero attached hydrogens (tertiary/aromatic N) is 4. The Labute approximate surface area is 136 Å². The minimum Gasteiger partial charge on any atom is -0.370 e. The highest BCUT2D eigenvalue weighted by molar-refractivity contribution is 5.61. The van der Waals surface area contributed by atoms with Crippen molar-refractivity contribution in [3.8, 4) is 0 Å². The lowest BCUT2D eigenvalue weighted by Crippen LogP contribution is -2.23. The average molecular weight is 310 g/mol. The molecule has 3 rings (SSSR count). The van der Waals surface area contributed by atoms with Gasteiger partial charge in [-0.3, -0.25) is 9.89 Å². The van der Waals surface area contributed by atoms with Crippen LogP contribution in [0.4, 0.5) is 17.5 Å². The van der Waals surface area contributed by atoms with E-state index < -0.39 is 0 Å². The third-order valence-electron chi connectivity index (χ3n) is 3.64. The van der Waals surface area contributed by atoms with E-state index in [-0.39, 0.29) is 0 Å². The molecule has 2 heterocycles. The van der Waals surface area contributed by atoms with E-state index in [0.29, 0.717) is 5.95 Å². The lowest BCUT2D eigenvalue weighted by atomic mass is 10.2. The van der Waals surface area contributed by atoms with E-state index in [0.717, 1.165) is 44.2 Å². The number of anilines is 3. The number of aryl methyl sites for hydroxylation is 1. The summed E-state index contributed by atoms with van der Waals surface area (Å²) in [4.78, 5) is 15.3. The molecule has 120 valence electrons. The van der Waals surface area contributed by atoms with Crippen LogP contribution in [0.1, 0.15) is 12.0 Å². The molecule has 0 amide bonds. The van der Waals surface area contributed by atoms with Crippen molar-refractivity contribution in [1.29, 1.82) is 0 Å². The number of benzene rings is 1. The third kappa shape index (κ3) is 4.75. The molecule has 0 aliphatic carbocycles. The van der Waals surface area contributed by atoms with Crippen molar-refractivity contribution >= 4 is 23.7 Å². The van der Waals surface area contributed by atoms with Crippen molar-refractivity contribution in [2.45, 2.75) is 13.3 Å². The largest absolute Gasteiger partial charge is 0.370 e. The van der Waals surface area contributed by atoms with Crippen LogP contribution in [0, 0.1) is 6.92 Å². The van der Waals surface area contributed by atoms with Crippen LogP contribution in [0.25, 0.3) is 0 Å². The quantitative estimate of drug-likeness (QED) is 0.770. The van der Waals surface area contributed by atoms with E-state index in [1.807, 2.05) is 24.4 Å². The summed E-state index contributed by atoms with van der Waals surface area (Å²) in [6.45, 7) is 5.80. The second kappa shape index (κ2) is 7.69. The zero-order valence-electron chi connectivity index (χ0n) is 13.4. The summed E-state index contributed by atoms with van der Waals surface area (Å²) in [7, 11) is 0. The van der Waals surface area contributed by atoms with Crippen LogP contribution in [0.5, 0.6) is 0 Å². The molecule has 2 aromatic rings. The molecule has 0 saturated carbocycles. The van der Waals surface area contributed by atoms with Crippen LogP contribution >= 0.6 is 0 Å². The van der Waals surface area contributed by atoms with Gasteiger partial charge in [-0.15, -0.1) is 0 Å². The zero-order valence-corrected chi connectivity index (χ0v) is 13.4. The highest BCUT2D eigenvalue weighted by atomic mass is 15.2. The second-order valence-corrected chi connectivity index (χ2v) is 5.62. The maximum atomic E-state index is 4.50. The summed E-state index contributed by atoms with van der Waals surface area (Å²) in [5.74, 6) is 1.45. The molecule has 1 aliphatic rings. The van der Waals surface area contributed by atoms with Crippen LogP contribution in [-0.4, -0.2) is 47.4 Å². The van der Waals surface area contributed by atoms with Gasteiger partial charge in [0.05, 0.1) is 6.67 Å². The van der Waals surface area contributed by atoms with Gasteiger partial charge in [-0.05, 0) is 37.1 Å². The molecular weight excluding hydrogens is 288 g/mol. The maximum absolute atomic E-state index is 4.50. The van der Waals surface area contributed by atoms with E-state index in [9.17, 15) is 0 Å². The molecule has 0 fully saturated rings. The molecular formula is C17H22N6. The summed E-state index contributed by atoms with van der Waals surface area (Å²) in [5, 5.41) is 6.58. The molecule has 1 aliphatic heterocycles.